The van der Waals surface area contributed by atoms with E-state index in [-0.39, 0.29) is 5.91 Å². The summed E-state index contributed by atoms with van der Waals surface area (Å²) in [6.07, 6.45) is 0.796. The molecular formula is C23H26N4O3S. The van der Waals surface area contributed by atoms with E-state index in [0.29, 0.717) is 24.6 Å². The zero-order chi connectivity index (χ0) is 22.0. The highest BCUT2D eigenvalue weighted by atomic mass is 32.2. The van der Waals surface area contributed by atoms with E-state index in [2.05, 4.69) is 29.3 Å². The average Bonchev–Trinajstić information content (AvgIpc) is 3.16. The number of ether oxygens (including phenoxy) is 2. The van der Waals surface area contributed by atoms with Crippen molar-refractivity contribution in [1.82, 2.24) is 19.7 Å². The number of hydrogen-bond donors (Lipinski definition) is 0. The lowest BCUT2D eigenvalue weighted by Crippen LogP contribution is -2.37. The molecular weight excluding hydrogens is 412 g/mol. The molecule has 0 bridgehead atoms. The van der Waals surface area contributed by atoms with Crippen LogP contribution in [0.3, 0.4) is 0 Å². The first-order valence-electron chi connectivity index (χ1n) is 10.1. The van der Waals surface area contributed by atoms with E-state index < -0.39 is 0 Å². The van der Waals surface area contributed by atoms with Gasteiger partial charge >= 0.3 is 0 Å². The molecule has 0 spiro atoms. The number of thioether (sulfide) groups is 1. The summed E-state index contributed by atoms with van der Waals surface area (Å²) >= 11 is 1.42. The van der Waals surface area contributed by atoms with Crippen molar-refractivity contribution in [1.29, 1.82) is 0 Å². The normalized spacial score (nSPS) is 13.1. The molecule has 2 heterocycles. The largest absolute Gasteiger partial charge is 0.493 e. The van der Waals surface area contributed by atoms with Crippen LogP contribution in [-0.2, 0) is 17.8 Å². The standard InChI is InChI=1S/C23H26N4O3S/c1-15-5-7-19(8-6-15)27-16(2)24-25-23(27)31-14-22(28)26-10-9-17-11-20(29-3)21(30-4)12-18(17)13-26/h5-8,11-12H,9-10,13-14H2,1-4H3. The van der Waals surface area contributed by atoms with Crippen LogP contribution in [0.1, 0.15) is 22.5 Å². The molecule has 0 N–H and O–H groups in total. The van der Waals surface area contributed by atoms with Crippen molar-refractivity contribution in [2.75, 3.05) is 26.5 Å². The summed E-state index contributed by atoms with van der Waals surface area (Å²) in [6, 6.07) is 12.2. The first-order valence-corrected chi connectivity index (χ1v) is 11.1. The molecule has 0 fully saturated rings. The third kappa shape index (κ3) is 4.39. The average molecular weight is 439 g/mol. The van der Waals surface area contributed by atoms with E-state index in [1.54, 1.807) is 14.2 Å². The van der Waals surface area contributed by atoms with Crippen LogP contribution >= 0.6 is 11.8 Å². The maximum absolute atomic E-state index is 12.9. The molecule has 1 aliphatic rings. The number of carbonyl (C=O) groups is 1. The lowest BCUT2D eigenvalue weighted by atomic mass is 9.99. The van der Waals surface area contributed by atoms with Crippen LogP contribution in [-0.4, -0.2) is 52.1 Å². The summed E-state index contributed by atoms with van der Waals surface area (Å²) < 4.78 is 12.8. The summed E-state index contributed by atoms with van der Waals surface area (Å²) in [6.45, 7) is 5.23. The van der Waals surface area contributed by atoms with Gasteiger partial charge in [0.15, 0.2) is 16.7 Å². The molecule has 2 aromatic carbocycles. The van der Waals surface area contributed by atoms with Gasteiger partial charge in [-0.1, -0.05) is 29.5 Å². The number of fused-ring (bicyclic) bond motifs is 1. The predicted molar refractivity (Wildman–Crippen MR) is 120 cm³/mol. The van der Waals surface area contributed by atoms with Gasteiger partial charge in [-0.15, -0.1) is 10.2 Å². The molecule has 4 rings (SSSR count). The Morgan fingerprint density at radius 3 is 2.39 bits per heavy atom. The van der Waals surface area contributed by atoms with Gasteiger partial charge in [-0.25, -0.2) is 0 Å². The van der Waals surface area contributed by atoms with E-state index in [4.69, 9.17) is 9.47 Å². The fraction of sp³-hybridized carbons (Fsp3) is 0.348. The molecule has 1 amide bonds. The van der Waals surface area contributed by atoms with Crippen molar-refractivity contribution < 1.29 is 14.3 Å². The number of aromatic nitrogens is 3. The van der Waals surface area contributed by atoms with Crippen LogP contribution < -0.4 is 9.47 Å². The quantitative estimate of drug-likeness (QED) is 0.548. The summed E-state index contributed by atoms with van der Waals surface area (Å²) in [5.74, 6) is 2.61. The lowest BCUT2D eigenvalue weighted by Gasteiger charge is -2.29. The number of methoxy groups -OCH3 is 2. The topological polar surface area (TPSA) is 69.5 Å². The molecule has 3 aromatic rings. The Morgan fingerprint density at radius 1 is 1.03 bits per heavy atom. The maximum atomic E-state index is 12.9. The van der Waals surface area contributed by atoms with Gasteiger partial charge in [0.25, 0.3) is 0 Å². The fourth-order valence-electron chi connectivity index (χ4n) is 3.74. The van der Waals surface area contributed by atoms with Crippen LogP contribution in [0.25, 0.3) is 5.69 Å². The number of hydrogen-bond acceptors (Lipinski definition) is 6. The SMILES string of the molecule is COc1cc2c(cc1OC)CN(C(=O)CSc1nnc(C)n1-c1ccc(C)cc1)CC2. The second-order valence-corrected chi connectivity index (χ2v) is 8.47. The Labute approximate surface area is 186 Å². The van der Waals surface area contributed by atoms with Crippen LogP contribution in [0.4, 0.5) is 0 Å². The molecule has 7 nitrogen and oxygen atoms in total. The zero-order valence-electron chi connectivity index (χ0n) is 18.2. The summed E-state index contributed by atoms with van der Waals surface area (Å²) in [7, 11) is 3.26. The number of carbonyl (C=O) groups excluding carboxylic acids is 1. The van der Waals surface area contributed by atoms with E-state index in [1.807, 2.05) is 40.7 Å². The number of aryl methyl sites for hydroxylation is 2. The smallest absolute Gasteiger partial charge is 0.233 e. The molecule has 0 saturated carbocycles. The number of rotatable bonds is 6. The van der Waals surface area contributed by atoms with E-state index in [0.717, 1.165) is 34.4 Å². The fourth-order valence-corrected chi connectivity index (χ4v) is 4.64. The molecule has 162 valence electrons. The molecule has 0 aliphatic carbocycles. The van der Waals surface area contributed by atoms with E-state index >= 15 is 0 Å². The van der Waals surface area contributed by atoms with Gasteiger partial charge in [0.2, 0.25) is 5.91 Å². The van der Waals surface area contributed by atoms with Gasteiger partial charge in [0.05, 0.1) is 20.0 Å². The third-order valence-corrected chi connectivity index (χ3v) is 6.40. The van der Waals surface area contributed by atoms with Crippen LogP contribution in [0, 0.1) is 13.8 Å². The van der Waals surface area contributed by atoms with Gasteiger partial charge in [-0.05, 0) is 55.7 Å². The molecule has 31 heavy (non-hydrogen) atoms. The predicted octanol–water partition coefficient (Wildman–Crippen LogP) is 3.58. The van der Waals surface area contributed by atoms with Crippen molar-refractivity contribution in [2.24, 2.45) is 0 Å². The minimum Gasteiger partial charge on any atom is -0.493 e. The van der Waals surface area contributed by atoms with E-state index in [1.165, 1.54) is 22.9 Å². The Balaban J connectivity index is 1.45. The van der Waals surface area contributed by atoms with Crippen molar-refractivity contribution in [3.05, 3.63) is 58.9 Å². The van der Waals surface area contributed by atoms with E-state index in [9.17, 15) is 4.79 Å². The van der Waals surface area contributed by atoms with Gasteiger partial charge in [-0.3, -0.25) is 9.36 Å². The molecule has 1 aromatic heterocycles. The summed E-state index contributed by atoms with van der Waals surface area (Å²) in [5, 5.41) is 9.22. The first-order chi connectivity index (χ1) is 15.0. The highest BCUT2D eigenvalue weighted by Crippen LogP contribution is 2.33. The lowest BCUT2D eigenvalue weighted by molar-refractivity contribution is -0.129. The third-order valence-electron chi connectivity index (χ3n) is 5.48. The van der Waals surface area contributed by atoms with Gasteiger partial charge in [-0.2, -0.15) is 0 Å². The van der Waals surface area contributed by atoms with Crippen LogP contribution in [0.5, 0.6) is 11.5 Å². The Kier molecular flexibility index (Phi) is 6.18. The molecule has 0 radical (unpaired) electrons. The molecule has 0 saturated heterocycles. The van der Waals surface area contributed by atoms with Crippen molar-refractivity contribution in [2.45, 2.75) is 32.0 Å². The number of amides is 1. The summed E-state index contributed by atoms with van der Waals surface area (Å²) in [4.78, 5) is 14.8. The Morgan fingerprint density at radius 2 is 1.71 bits per heavy atom. The van der Waals surface area contributed by atoms with Gasteiger partial charge in [0.1, 0.15) is 5.82 Å². The minimum absolute atomic E-state index is 0.0848. The Bertz CT molecular complexity index is 1090. The Hall–Kier alpha value is -3.00. The molecule has 0 unspecified atom stereocenters. The zero-order valence-corrected chi connectivity index (χ0v) is 19.0. The highest BCUT2D eigenvalue weighted by Gasteiger charge is 2.23. The number of nitrogens with zero attached hydrogens (tertiary/aromatic N) is 4. The molecule has 8 heteroatoms. The number of benzene rings is 2. The van der Waals surface area contributed by atoms with Crippen molar-refractivity contribution >= 4 is 17.7 Å². The van der Waals surface area contributed by atoms with Crippen LogP contribution in [0.2, 0.25) is 0 Å². The van der Waals surface area contributed by atoms with Crippen molar-refractivity contribution in [3.8, 4) is 17.2 Å². The molecule has 1 aliphatic heterocycles. The summed E-state index contributed by atoms with van der Waals surface area (Å²) in [5.41, 5.74) is 4.49. The highest BCUT2D eigenvalue weighted by molar-refractivity contribution is 7.99. The maximum Gasteiger partial charge on any atom is 0.233 e. The second-order valence-electron chi connectivity index (χ2n) is 7.53. The molecule has 0 atom stereocenters. The first kappa shape index (κ1) is 21.2. The van der Waals surface area contributed by atoms with Gasteiger partial charge in [0, 0.05) is 18.8 Å². The van der Waals surface area contributed by atoms with Gasteiger partial charge < -0.3 is 14.4 Å². The minimum atomic E-state index is 0.0848. The second kappa shape index (κ2) is 9.01. The monoisotopic (exact) mass is 438 g/mol. The van der Waals surface area contributed by atoms with Crippen LogP contribution in [0.15, 0.2) is 41.6 Å². The van der Waals surface area contributed by atoms with Crippen molar-refractivity contribution in [3.63, 3.8) is 0 Å².